The molecule has 0 atom stereocenters. The van der Waals surface area contributed by atoms with Gasteiger partial charge in [0, 0.05) is 18.5 Å². The topological polar surface area (TPSA) is 73.2 Å². The van der Waals surface area contributed by atoms with E-state index in [0.717, 1.165) is 47.2 Å². The molecule has 0 saturated heterocycles. The van der Waals surface area contributed by atoms with Crippen LogP contribution in [-0.2, 0) is 24.7 Å². The highest BCUT2D eigenvalue weighted by Gasteiger charge is 2.21. The van der Waals surface area contributed by atoms with E-state index < -0.39 is 0 Å². The van der Waals surface area contributed by atoms with Gasteiger partial charge in [0.05, 0.1) is 17.7 Å². The smallest absolute Gasteiger partial charge is 0.262 e. The van der Waals surface area contributed by atoms with Gasteiger partial charge in [-0.3, -0.25) is 14.2 Å². The van der Waals surface area contributed by atoms with Gasteiger partial charge in [-0.1, -0.05) is 23.9 Å². The van der Waals surface area contributed by atoms with Gasteiger partial charge in [0.2, 0.25) is 5.91 Å². The molecule has 0 unspecified atom stereocenters. The molecule has 1 aliphatic rings. The molecule has 1 amide bonds. The second-order valence-corrected chi connectivity index (χ2v) is 9.83. The Morgan fingerprint density at radius 3 is 3.00 bits per heavy atom. The summed E-state index contributed by atoms with van der Waals surface area (Å²) in [4.78, 5) is 32.0. The quantitative estimate of drug-likeness (QED) is 0.316. The number of amides is 1. The van der Waals surface area contributed by atoms with Crippen molar-refractivity contribution in [1.82, 2.24) is 14.9 Å². The third-order valence-electron chi connectivity index (χ3n) is 5.39. The van der Waals surface area contributed by atoms with Crippen molar-refractivity contribution in [3.8, 4) is 5.75 Å². The predicted octanol–water partition coefficient (Wildman–Crippen LogP) is 3.86. The number of hydrogen-bond donors (Lipinski definition) is 1. The maximum Gasteiger partial charge on any atom is 0.262 e. The summed E-state index contributed by atoms with van der Waals surface area (Å²) >= 11 is 2.94. The van der Waals surface area contributed by atoms with Gasteiger partial charge in [-0.15, -0.1) is 11.3 Å². The fourth-order valence-electron chi connectivity index (χ4n) is 3.77. The summed E-state index contributed by atoms with van der Waals surface area (Å²) in [5, 5.41) is 4.28. The lowest BCUT2D eigenvalue weighted by atomic mass is 9.97. The summed E-state index contributed by atoms with van der Waals surface area (Å²) in [6, 6.07) is 7.92. The SMILES string of the molecule is Cc1cccc(OCCCNC(=O)CSc2nc3sc4c(c3c(=O)n2C)CCCC4)c1. The summed E-state index contributed by atoms with van der Waals surface area (Å²) in [6.07, 6.45) is 5.05. The number of ether oxygens (including phenoxy) is 1. The van der Waals surface area contributed by atoms with Crippen LogP contribution in [0.1, 0.15) is 35.3 Å². The molecule has 1 N–H and O–H groups in total. The van der Waals surface area contributed by atoms with Gasteiger partial charge in [-0.05, 0) is 62.3 Å². The highest BCUT2D eigenvalue weighted by molar-refractivity contribution is 7.99. The van der Waals surface area contributed by atoms with Crippen LogP contribution in [0.5, 0.6) is 5.75 Å². The van der Waals surface area contributed by atoms with Gasteiger partial charge in [-0.25, -0.2) is 4.98 Å². The van der Waals surface area contributed by atoms with Gasteiger partial charge in [0.15, 0.2) is 5.16 Å². The summed E-state index contributed by atoms with van der Waals surface area (Å²) in [5.41, 5.74) is 2.36. The first-order valence-electron chi connectivity index (χ1n) is 10.6. The summed E-state index contributed by atoms with van der Waals surface area (Å²) in [5.74, 6) is 1.01. The molecular formula is C23H27N3O3S2. The van der Waals surface area contributed by atoms with E-state index in [1.165, 1.54) is 28.6 Å². The number of hydrogen-bond acceptors (Lipinski definition) is 6. The van der Waals surface area contributed by atoms with E-state index in [-0.39, 0.29) is 17.2 Å². The Hall–Kier alpha value is -2.32. The van der Waals surface area contributed by atoms with E-state index >= 15 is 0 Å². The van der Waals surface area contributed by atoms with Crippen molar-refractivity contribution in [2.45, 2.75) is 44.2 Å². The van der Waals surface area contributed by atoms with Crippen LogP contribution in [0.4, 0.5) is 0 Å². The molecule has 8 heteroatoms. The molecule has 1 aliphatic carbocycles. The maximum atomic E-state index is 12.9. The van der Waals surface area contributed by atoms with Gasteiger partial charge in [0.25, 0.3) is 5.56 Å². The lowest BCUT2D eigenvalue weighted by Gasteiger charge is -2.11. The molecule has 164 valence electrons. The van der Waals surface area contributed by atoms with Gasteiger partial charge >= 0.3 is 0 Å². The zero-order chi connectivity index (χ0) is 21.8. The zero-order valence-corrected chi connectivity index (χ0v) is 19.5. The lowest BCUT2D eigenvalue weighted by Crippen LogP contribution is -2.28. The number of thiophene rings is 1. The molecule has 6 nitrogen and oxygen atoms in total. The van der Waals surface area contributed by atoms with Crippen LogP contribution in [0.3, 0.4) is 0 Å². The van der Waals surface area contributed by atoms with Gasteiger partial charge < -0.3 is 10.1 Å². The molecule has 2 aromatic heterocycles. The molecule has 0 spiro atoms. The molecule has 0 aliphatic heterocycles. The van der Waals surface area contributed by atoms with Gasteiger partial charge in [-0.2, -0.15) is 0 Å². The molecule has 0 saturated carbocycles. The molecule has 0 fully saturated rings. The van der Waals surface area contributed by atoms with E-state index in [9.17, 15) is 9.59 Å². The number of rotatable bonds is 8. The van der Waals surface area contributed by atoms with Crippen LogP contribution in [0.25, 0.3) is 10.2 Å². The number of thioether (sulfide) groups is 1. The van der Waals surface area contributed by atoms with Crippen molar-refractivity contribution >= 4 is 39.2 Å². The Kier molecular flexibility index (Phi) is 6.97. The molecule has 1 aromatic carbocycles. The van der Waals surface area contributed by atoms with Crippen molar-refractivity contribution < 1.29 is 9.53 Å². The highest BCUT2D eigenvalue weighted by atomic mass is 32.2. The first kappa shape index (κ1) is 21.9. The zero-order valence-electron chi connectivity index (χ0n) is 17.9. The third-order valence-corrected chi connectivity index (χ3v) is 7.60. The average Bonchev–Trinajstić information content (AvgIpc) is 3.13. The molecular weight excluding hydrogens is 430 g/mol. The minimum Gasteiger partial charge on any atom is -0.494 e. The fourth-order valence-corrected chi connectivity index (χ4v) is 5.88. The molecule has 0 bridgehead atoms. The van der Waals surface area contributed by atoms with Crippen LogP contribution in [0, 0.1) is 6.92 Å². The Labute approximate surface area is 190 Å². The fraction of sp³-hybridized carbons (Fsp3) is 0.435. The van der Waals surface area contributed by atoms with Crippen molar-refractivity contribution in [3.63, 3.8) is 0 Å². The number of aromatic nitrogens is 2. The Balaban J connectivity index is 1.28. The number of aryl methyl sites for hydroxylation is 3. The standard InChI is InChI=1S/C23H27N3O3S2/c1-15-7-5-8-16(13-15)29-12-6-11-24-19(27)14-30-23-25-21-20(22(28)26(23)2)17-9-3-4-10-18(17)31-21/h5,7-8,13H,3-4,6,9-12,14H2,1-2H3,(H,24,27). The number of nitrogens with zero attached hydrogens (tertiary/aromatic N) is 2. The van der Waals surface area contributed by atoms with Crippen molar-refractivity contribution in [3.05, 3.63) is 50.6 Å². The minimum absolute atomic E-state index is 0.000561. The Bertz CT molecular complexity index is 1150. The monoisotopic (exact) mass is 457 g/mol. The summed E-state index contributed by atoms with van der Waals surface area (Å²) in [7, 11) is 1.74. The van der Waals surface area contributed by atoms with E-state index in [1.54, 1.807) is 23.0 Å². The minimum atomic E-state index is -0.0691. The first-order chi connectivity index (χ1) is 15.0. The van der Waals surface area contributed by atoms with Gasteiger partial charge in [0.1, 0.15) is 10.6 Å². The molecule has 2 heterocycles. The number of nitrogens with one attached hydrogen (secondary N) is 1. The van der Waals surface area contributed by atoms with Crippen molar-refractivity contribution in [2.24, 2.45) is 7.05 Å². The lowest BCUT2D eigenvalue weighted by molar-refractivity contribution is -0.118. The molecule has 31 heavy (non-hydrogen) atoms. The normalized spacial score (nSPS) is 13.2. The number of carbonyl (C=O) groups is 1. The maximum absolute atomic E-state index is 12.9. The van der Waals surface area contributed by atoms with Crippen molar-refractivity contribution in [2.75, 3.05) is 18.9 Å². The van der Waals surface area contributed by atoms with Crippen LogP contribution in [-0.4, -0.2) is 34.4 Å². The molecule has 3 aromatic rings. The van der Waals surface area contributed by atoms with Crippen LogP contribution in [0.15, 0.2) is 34.2 Å². The number of carbonyl (C=O) groups excluding carboxylic acids is 1. The van der Waals surface area contributed by atoms with E-state index in [2.05, 4.69) is 5.32 Å². The Morgan fingerprint density at radius 1 is 1.32 bits per heavy atom. The summed E-state index contributed by atoms with van der Waals surface area (Å²) in [6.45, 7) is 3.13. The number of fused-ring (bicyclic) bond motifs is 3. The summed E-state index contributed by atoms with van der Waals surface area (Å²) < 4.78 is 7.28. The van der Waals surface area contributed by atoms with Crippen LogP contribution < -0.4 is 15.6 Å². The van der Waals surface area contributed by atoms with Crippen LogP contribution >= 0.6 is 23.1 Å². The highest BCUT2D eigenvalue weighted by Crippen LogP contribution is 2.34. The van der Waals surface area contributed by atoms with Crippen molar-refractivity contribution in [1.29, 1.82) is 0 Å². The average molecular weight is 458 g/mol. The predicted molar refractivity (Wildman–Crippen MR) is 127 cm³/mol. The largest absolute Gasteiger partial charge is 0.494 e. The van der Waals surface area contributed by atoms with E-state index in [1.807, 2.05) is 31.2 Å². The third kappa shape index (κ3) is 5.13. The number of benzene rings is 1. The Morgan fingerprint density at radius 2 is 2.16 bits per heavy atom. The molecule has 0 radical (unpaired) electrons. The van der Waals surface area contributed by atoms with E-state index in [4.69, 9.17) is 9.72 Å². The second-order valence-electron chi connectivity index (χ2n) is 7.81. The molecule has 4 rings (SSSR count). The first-order valence-corrected chi connectivity index (χ1v) is 12.4. The van der Waals surface area contributed by atoms with Crippen LogP contribution in [0.2, 0.25) is 0 Å². The van der Waals surface area contributed by atoms with E-state index in [0.29, 0.717) is 18.3 Å². The second kappa shape index (κ2) is 9.87.